The molecule has 0 bridgehead atoms. The molecule has 0 radical (unpaired) electrons. The van der Waals surface area contributed by atoms with Gasteiger partial charge in [0.1, 0.15) is 0 Å². The Bertz CT molecular complexity index is 1090. The van der Waals surface area contributed by atoms with Gasteiger partial charge in [-0.3, -0.25) is 9.10 Å². The Labute approximate surface area is 176 Å². The van der Waals surface area contributed by atoms with Crippen LogP contribution >= 0.6 is 0 Å². The summed E-state index contributed by atoms with van der Waals surface area (Å²) < 4.78 is 26.2. The van der Waals surface area contributed by atoms with E-state index in [1.807, 2.05) is 48.5 Å². The highest BCUT2D eigenvalue weighted by atomic mass is 32.2. The highest BCUT2D eigenvalue weighted by molar-refractivity contribution is 7.92. The zero-order chi connectivity index (χ0) is 21.6. The van der Waals surface area contributed by atoms with Gasteiger partial charge in [0, 0.05) is 6.54 Å². The van der Waals surface area contributed by atoms with E-state index in [9.17, 15) is 18.3 Å². The summed E-state index contributed by atoms with van der Waals surface area (Å²) in [5, 5.41) is 13.0. The third-order valence-corrected chi connectivity index (χ3v) is 5.75. The predicted molar refractivity (Wildman–Crippen MR) is 118 cm³/mol. The zero-order valence-corrected chi connectivity index (χ0v) is 17.4. The topological polar surface area (TPSA) is 86.7 Å². The number of carbonyl (C=O) groups excluding carboxylic acids is 1. The third-order valence-electron chi connectivity index (χ3n) is 4.63. The van der Waals surface area contributed by atoms with E-state index in [1.165, 1.54) is 4.31 Å². The highest BCUT2D eigenvalue weighted by Gasteiger charge is 2.23. The predicted octanol–water partition coefficient (Wildman–Crippen LogP) is 3.12. The molecular weight excluding hydrogens is 400 g/mol. The minimum absolute atomic E-state index is 0.00867. The van der Waals surface area contributed by atoms with Crippen LogP contribution in [0.25, 0.3) is 0 Å². The molecule has 1 amide bonds. The number of para-hydroxylation sites is 1. The molecule has 1 atom stereocenters. The molecule has 3 aromatic rings. The van der Waals surface area contributed by atoms with Gasteiger partial charge in [0.05, 0.1) is 30.2 Å². The van der Waals surface area contributed by atoms with Gasteiger partial charge in [-0.25, -0.2) is 8.42 Å². The Hall–Kier alpha value is -3.16. The second-order valence-corrected chi connectivity index (χ2v) is 8.82. The van der Waals surface area contributed by atoms with E-state index < -0.39 is 22.0 Å². The van der Waals surface area contributed by atoms with Crippen LogP contribution in [0.2, 0.25) is 0 Å². The van der Waals surface area contributed by atoms with Crippen molar-refractivity contribution < 1.29 is 18.3 Å². The van der Waals surface area contributed by atoms with Crippen molar-refractivity contribution in [3.8, 4) is 0 Å². The van der Waals surface area contributed by atoms with Gasteiger partial charge < -0.3 is 10.4 Å². The molecule has 0 aromatic heterocycles. The highest BCUT2D eigenvalue weighted by Crippen LogP contribution is 2.25. The van der Waals surface area contributed by atoms with E-state index in [2.05, 4.69) is 5.32 Å². The van der Waals surface area contributed by atoms with E-state index >= 15 is 0 Å². The molecule has 3 aromatic carbocycles. The summed E-state index contributed by atoms with van der Waals surface area (Å²) in [4.78, 5) is 12.8. The number of nitrogens with zero attached hydrogens (tertiary/aromatic N) is 1. The SMILES string of the molecule is CS(=O)(=O)N(Cc1ccccc1)c1ccccc1C(=O)NC[C@@H](O)c1ccccc1. The summed E-state index contributed by atoms with van der Waals surface area (Å²) in [5.41, 5.74) is 2.00. The first-order valence-electron chi connectivity index (χ1n) is 9.48. The zero-order valence-electron chi connectivity index (χ0n) is 16.6. The molecule has 7 heteroatoms. The van der Waals surface area contributed by atoms with Crippen molar-refractivity contribution in [3.63, 3.8) is 0 Å². The molecule has 0 saturated carbocycles. The van der Waals surface area contributed by atoms with Crippen molar-refractivity contribution in [2.24, 2.45) is 0 Å². The van der Waals surface area contributed by atoms with E-state index in [0.717, 1.165) is 11.8 Å². The van der Waals surface area contributed by atoms with Gasteiger partial charge in [0.25, 0.3) is 5.91 Å². The fourth-order valence-corrected chi connectivity index (χ4v) is 3.99. The second kappa shape index (κ2) is 9.56. The van der Waals surface area contributed by atoms with Crippen LogP contribution in [0.15, 0.2) is 84.9 Å². The molecule has 0 saturated heterocycles. The van der Waals surface area contributed by atoms with E-state index in [-0.39, 0.29) is 24.3 Å². The van der Waals surface area contributed by atoms with Gasteiger partial charge in [-0.2, -0.15) is 0 Å². The van der Waals surface area contributed by atoms with Gasteiger partial charge >= 0.3 is 0 Å². The van der Waals surface area contributed by atoms with Crippen LogP contribution < -0.4 is 9.62 Å². The van der Waals surface area contributed by atoms with Crippen molar-refractivity contribution in [1.29, 1.82) is 0 Å². The fourth-order valence-electron chi connectivity index (χ4n) is 3.09. The summed E-state index contributed by atoms with van der Waals surface area (Å²) in [6.07, 6.45) is 0.252. The molecule has 3 rings (SSSR count). The lowest BCUT2D eigenvalue weighted by Crippen LogP contribution is -2.33. The summed E-state index contributed by atoms with van der Waals surface area (Å²) in [5.74, 6) is -0.456. The number of hydrogen-bond acceptors (Lipinski definition) is 4. The minimum Gasteiger partial charge on any atom is -0.387 e. The third kappa shape index (κ3) is 5.46. The Morgan fingerprint density at radius 1 is 0.933 bits per heavy atom. The van der Waals surface area contributed by atoms with Gasteiger partial charge in [-0.1, -0.05) is 72.8 Å². The van der Waals surface area contributed by atoms with Crippen LogP contribution in [0, 0.1) is 0 Å². The van der Waals surface area contributed by atoms with Gasteiger partial charge in [-0.15, -0.1) is 0 Å². The summed E-state index contributed by atoms with van der Waals surface area (Å²) >= 11 is 0. The van der Waals surface area contributed by atoms with Crippen molar-refractivity contribution in [1.82, 2.24) is 5.32 Å². The Kier molecular flexibility index (Phi) is 6.87. The molecule has 156 valence electrons. The van der Waals surface area contributed by atoms with E-state index in [4.69, 9.17) is 0 Å². The second-order valence-electron chi connectivity index (χ2n) is 6.91. The number of aliphatic hydroxyl groups excluding tert-OH is 1. The number of anilines is 1. The number of amides is 1. The summed E-state index contributed by atoms with van der Waals surface area (Å²) in [6, 6.07) is 24.7. The molecular formula is C23H24N2O4S. The number of sulfonamides is 1. The van der Waals surface area contributed by atoms with E-state index in [0.29, 0.717) is 5.56 Å². The molecule has 30 heavy (non-hydrogen) atoms. The Balaban J connectivity index is 1.83. The molecule has 0 spiro atoms. The number of hydrogen-bond donors (Lipinski definition) is 2. The molecule has 0 unspecified atom stereocenters. The number of benzene rings is 3. The van der Waals surface area contributed by atoms with Crippen molar-refractivity contribution in [3.05, 3.63) is 102 Å². The maximum Gasteiger partial charge on any atom is 0.253 e. The molecule has 0 fully saturated rings. The molecule has 0 aliphatic rings. The number of rotatable bonds is 8. The van der Waals surface area contributed by atoms with Crippen molar-refractivity contribution in [2.75, 3.05) is 17.1 Å². The van der Waals surface area contributed by atoms with Crippen LogP contribution in [0.5, 0.6) is 0 Å². The molecule has 0 aliphatic heterocycles. The minimum atomic E-state index is -3.64. The fraction of sp³-hybridized carbons (Fsp3) is 0.174. The standard InChI is InChI=1S/C23H24N2O4S/c1-30(28,29)25(17-18-10-4-2-5-11-18)21-15-9-8-14-20(21)23(27)24-16-22(26)19-12-6-3-7-13-19/h2-15,22,26H,16-17H2,1H3,(H,24,27)/t22-/m1/s1. The lowest BCUT2D eigenvalue weighted by Gasteiger charge is -2.25. The maximum absolute atomic E-state index is 12.8. The lowest BCUT2D eigenvalue weighted by atomic mass is 10.1. The van der Waals surface area contributed by atoms with Gasteiger partial charge in [0.2, 0.25) is 10.0 Å². The monoisotopic (exact) mass is 424 g/mol. The average molecular weight is 425 g/mol. The van der Waals surface area contributed by atoms with Crippen molar-refractivity contribution >= 4 is 21.6 Å². The molecule has 0 heterocycles. The molecule has 0 aliphatic carbocycles. The first-order chi connectivity index (χ1) is 14.4. The lowest BCUT2D eigenvalue weighted by molar-refractivity contribution is 0.0917. The number of carbonyl (C=O) groups is 1. The summed E-state index contributed by atoms with van der Waals surface area (Å²) in [7, 11) is -3.64. The summed E-state index contributed by atoms with van der Waals surface area (Å²) in [6.45, 7) is 0.116. The number of aliphatic hydroxyl groups is 1. The maximum atomic E-state index is 12.8. The smallest absolute Gasteiger partial charge is 0.253 e. The molecule has 6 nitrogen and oxygen atoms in total. The Morgan fingerprint density at radius 2 is 1.50 bits per heavy atom. The van der Waals surface area contributed by atoms with Crippen molar-refractivity contribution in [2.45, 2.75) is 12.6 Å². The van der Waals surface area contributed by atoms with Gasteiger partial charge in [0.15, 0.2) is 0 Å². The first-order valence-corrected chi connectivity index (χ1v) is 11.3. The average Bonchev–Trinajstić information content (AvgIpc) is 2.76. The normalized spacial score (nSPS) is 12.2. The van der Waals surface area contributed by atoms with E-state index in [1.54, 1.807) is 36.4 Å². The largest absolute Gasteiger partial charge is 0.387 e. The van der Waals surface area contributed by atoms with Crippen LogP contribution in [0.1, 0.15) is 27.6 Å². The first kappa shape index (κ1) is 21.5. The Morgan fingerprint density at radius 3 is 2.13 bits per heavy atom. The van der Waals surface area contributed by atoms with Crippen LogP contribution in [-0.4, -0.2) is 32.2 Å². The van der Waals surface area contributed by atoms with Gasteiger partial charge in [-0.05, 0) is 23.3 Å². The van der Waals surface area contributed by atoms with Crippen LogP contribution in [0.4, 0.5) is 5.69 Å². The van der Waals surface area contributed by atoms with Crippen LogP contribution in [-0.2, 0) is 16.6 Å². The van der Waals surface area contributed by atoms with Crippen LogP contribution in [0.3, 0.4) is 0 Å². The molecule has 2 N–H and O–H groups in total. The quantitative estimate of drug-likeness (QED) is 0.582. The number of nitrogens with one attached hydrogen (secondary N) is 1.